The highest BCUT2D eigenvalue weighted by Gasteiger charge is 2.04. The summed E-state index contributed by atoms with van der Waals surface area (Å²) in [6.45, 7) is 4.18. The van der Waals surface area contributed by atoms with Gasteiger partial charge in [-0.3, -0.25) is 0 Å². The zero-order valence-electron chi connectivity index (χ0n) is 5.95. The lowest BCUT2D eigenvalue weighted by molar-refractivity contribution is 0.615. The van der Waals surface area contributed by atoms with Crippen molar-refractivity contribution in [2.75, 3.05) is 0 Å². The topological polar surface area (TPSA) is 43.6 Å². The first-order valence-corrected chi connectivity index (χ1v) is 3.47. The minimum atomic E-state index is 0.531. The Bertz CT molecular complexity index is 207. The third-order valence-corrected chi connectivity index (χ3v) is 1.35. The number of aromatic nitrogens is 4. The molecule has 0 atom stereocenters. The summed E-state index contributed by atoms with van der Waals surface area (Å²) in [5, 5.41) is 10.6. The quantitative estimate of drug-likeness (QED) is 0.645. The van der Waals surface area contributed by atoms with Gasteiger partial charge < -0.3 is 0 Å². The zero-order valence-corrected chi connectivity index (χ0v) is 6.71. The van der Waals surface area contributed by atoms with Gasteiger partial charge in [0.15, 0.2) is 5.82 Å². The minimum Gasteiger partial charge on any atom is -0.136 e. The Labute approximate surface area is 64.3 Å². The molecule has 0 fully saturated rings. The smallest absolute Gasteiger partial charge is 0.136 e. The summed E-state index contributed by atoms with van der Waals surface area (Å²) in [6, 6.07) is 0. The number of halogens is 1. The van der Waals surface area contributed by atoms with Gasteiger partial charge >= 0.3 is 0 Å². The van der Waals surface area contributed by atoms with E-state index in [1.54, 1.807) is 0 Å². The maximum atomic E-state index is 5.56. The van der Waals surface area contributed by atoms with Crippen LogP contribution in [-0.4, -0.2) is 19.7 Å². The summed E-state index contributed by atoms with van der Waals surface area (Å²) >= 11 is 5.56. The van der Waals surface area contributed by atoms with Crippen molar-refractivity contribution in [3.8, 4) is 0 Å². The van der Waals surface area contributed by atoms with Crippen LogP contribution in [0.15, 0.2) is 0 Å². The van der Waals surface area contributed by atoms with E-state index in [4.69, 9.17) is 11.8 Å². The number of tetrazole rings is 1. The van der Waals surface area contributed by atoms with Crippen molar-refractivity contribution in [2.45, 2.75) is 20.3 Å². The summed E-state index contributed by atoms with van der Waals surface area (Å²) in [6.07, 6.45) is 0.816. The molecule has 4 nitrogen and oxygen atoms in total. The summed E-state index contributed by atoms with van der Waals surface area (Å²) in [4.78, 5) is 0. The van der Waals surface area contributed by atoms with Crippen LogP contribution in [-0.2, 0) is 6.42 Å². The summed E-state index contributed by atoms with van der Waals surface area (Å²) in [7, 11) is 0. The Morgan fingerprint density at radius 1 is 1.60 bits per heavy atom. The van der Waals surface area contributed by atoms with E-state index in [0.717, 1.165) is 12.2 Å². The van der Waals surface area contributed by atoms with Crippen molar-refractivity contribution < 1.29 is 0 Å². The Morgan fingerprint density at radius 3 is 2.70 bits per heavy atom. The highest BCUT2D eigenvalue weighted by atomic mass is 35.5. The molecule has 0 radical (unpaired) electrons. The van der Waals surface area contributed by atoms with Crippen LogP contribution in [0.25, 0.3) is 0 Å². The number of rotatable bonds is 2. The molecule has 1 heterocycles. The molecule has 0 aliphatic rings. The molecule has 1 aromatic heterocycles. The molecule has 5 heteroatoms. The van der Waals surface area contributed by atoms with Crippen LogP contribution in [0, 0.1) is 5.92 Å². The normalized spacial score (nSPS) is 10.8. The second-order valence-corrected chi connectivity index (χ2v) is 2.87. The standard InChI is InChI=1S/C5H9ClN4/c1-4(2)3-5-7-8-9-10(5)6/h4H,3H2,1-2H3. The van der Waals surface area contributed by atoms with Crippen molar-refractivity contribution in [1.29, 1.82) is 0 Å². The van der Waals surface area contributed by atoms with Gasteiger partial charge in [0.2, 0.25) is 0 Å². The Morgan fingerprint density at radius 2 is 2.30 bits per heavy atom. The van der Waals surface area contributed by atoms with E-state index in [1.807, 2.05) is 0 Å². The molecule has 0 bridgehead atoms. The fraction of sp³-hybridized carbons (Fsp3) is 0.800. The third kappa shape index (κ3) is 1.67. The Hall–Kier alpha value is -0.640. The maximum Gasteiger partial charge on any atom is 0.169 e. The molecule has 10 heavy (non-hydrogen) atoms. The average Bonchev–Trinajstić information content (AvgIpc) is 2.15. The molecule has 0 aliphatic heterocycles. The van der Waals surface area contributed by atoms with Crippen molar-refractivity contribution in [2.24, 2.45) is 5.92 Å². The van der Waals surface area contributed by atoms with Gasteiger partial charge in [0, 0.05) is 18.2 Å². The largest absolute Gasteiger partial charge is 0.169 e. The predicted molar refractivity (Wildman–Crippen MR) is 37.6 cm³/mol. The summed E-state index contributed by atoms with van der Waals surface area (Å²) < 4.78 is 1.18. The van der Waals surface area contributed by atoms with E-state index in [0.29, 0.717) is 5.92 Å². The van der Waals surface area contributed by atoms with Crippen LogP contribution in [0.5, 0.6) is 0 Å². The monoisotopic (exact) mass is 160 g/mol. The van der Waals surface area contributed by atoms with Crippen molar-refractivity contribution >= 4 is 11.8 Å². The van der Waals surface area contributed by atoms with Gasteiger partial charge in [0.1, 0.15) is 0 Å². The second-order valence-electron chi connectivity index (χ2n) is 2.55. The molecule has 0 unspecified atom stereocenters. The van der Waals surface area contributed by atoms with Crippen LogP contribution in [0.2, 0.25) is 0 Å². The van der Waals surface area contributed by atoms with Crippen LogP contribution < -0.4 is 0 Å². The fourth-order valence-corrected chi connectivity index (χ4v) is 0.810. The van der Waals surface area contributed by atoms with Gasteiger partial charge in [0.05, 0.1) is 0 Å². The van der Waals surface area contributed by atoms with Gasteiger partial charge in [0.25, 0.3) is 0 Å². The maximum absolute atomic E-state index is 5.56. The number of nitrogens with zero attached hydrogens (tertiary/aromatic N) is 4. The van der Waals surface area contributed by atoms with E-state index < -0.39 is 0 Å². The summed E-state index contributed by atoms with van der Waals surface area (Å²) in [5.74, 6) is 1.25. The van der Waals surface area contributed by atoms with Gasteiger partial charge in [-0.15, -0.1) is 9.30 Å². The lowest BCUT2D eigenvalue weighted by Crippen LogP contribution is -2.00. The van der Waals surface area contributed by atoms with Crippen molar-refractivity contribution in [3.05, 3.63) is 5.82 Å². The zero-order chi connectivity index (χ0) is 7.56. The molecule has 1 aromatic rings. The first-order valence-electron chi connectivity index (χ1n) is 3.13. The van der Waals surface area contributed by atoms with E-state index in [9.17, 15) is 0 Å². The van der Waals surface area contributed by atoms with Gasteiger partial charge in [-0.1, -0.05) is 13.8 Å². The molecule has 56 valence electrons. The van der Waals surface area contributed by atoms with E-state index in [1.165, 1.54) is 4.20 Å². The molecule has 0 aliphatic carbocycles. The lowest BCUT2D eigenvalue weighted by Gasteiger charge is -1.98. The second kappa shape index (κ2) is 2.96. The van der Waals surface area contributed by atoms with Crippen molar-refractivity contribution in [3.63, 3.8) is 0 Å². The average molecular weight is 161 g/mol. The molecular weight excluding hydrogens is 152 g/mol. The van der Waals surface area contributed by atoms with Crippen LogP contribution in [0.1, 0.15) is 19.7 Å². The minimum absolute atomic E-state index is 0.531. The molecule has 1 rings (SSSR count). The first-order chi connectivity index (χ1) is 4.70. The van der Waals surface area contributed by atoms with Gasteiger partial charge in [-0.05, 0) is 16.3 Å². The highest BCUT2D eigenvalue weighted by molar-refractivity contribution is 6.14. The van der Waals surface area contributed by atoms with Crippen LogP contribution in [0.4, 0.5) is 0 Å². The van der Waals surface area contributed by atoms with E-state index >= 15 is 0 Å². The molecule has 0 aromatic carbocycles. The molecule has 0 saturated carbocycles. The van der Waals surface area contributed by atoms with Crippen LogP contribution >= 0.6 is 11.8 Å². The van der Waals surface area contributed by atoms with Crippen LogP contribution in [0.3, 0.4) is 0 Å². The number of hydrogen-bond donors (Lipinski definition) is 0. The predicted octanol–water partition coefficient (Wildman–Crippen LogP) is 0.873. The van der Waals surface area contributed by atoms with Gasteiger partial charge in [-0.2, -0.15) is 0 Å². The Kier molecular flexibility index (Phi) is 2.21. The van der Waals surface area contributed by atoms with Crippen molar-refractivity contribution in [1.82, 2.24) is 19.7 Å². The first kappa shape index (κ1) is 7.47. The van der Waals surface area contributed by atoms with Gasteiger partial charge in [-0.25, -0.2) is 0 Å². The SMILES string of the molecule is CC(C)Cc1nnnn1Cl. The molecule has 0 saturated heterocycles. The fourth-order valence-electron chi connectivity index (χ4n) is 0.677. The van der Waals surface area contributed by atoms with E-state index in [-0.39, 0.29) is 0 Å². The summed E-state index contributed by atoms with van der Waals surface area (Å²) in [5.41, 5.74) is 0. The van der Waals surface area contributed by atoms with E-state index in [2.05, 4.69) is 29.4 Å². The number of hydrogen-bond acceptors (Lipinski definition) is 3. The molecule has 0 spiro atoms. The lowest BCUT2D eigenvalue weighted by atomic mass is 10.1. The Balaban J connectivity index is 2.65. The molecular formula is C5H9ClN4. The third-order valence-electron chi connectivity index (χ3n) is 1.08. The molecule has 0 N–H and O–H groups in total. The highest BCUT2D eigenvalue weighted by Crippen LogP contribution is 2.03. The molecule has 0 amide bonds.